The minimum Gasteiger partial charge on any atom is -0.356 e. The molecule has 5 aromatic rings. The van der Waals surface area contributed by atoms with Crippen molar-refractivity contribution in [2.24, 2.45) is 0 Å². The molecule has 0 aromatic carbocycles. The lowest BCUT2D eigenvalue weighted by Gasteiger charge is -2.17. The molecule has 6 rings (SSSR count). The number of aryl methyl sites for hydroxylation is 1. The van der Waals surface area contributed by atoms with Gasteiger partial charge in [-0.3, -0.25) is 10.1 Å². The van der Waals surface area contributed by atoms with Gasteiger partial charge < -0.3 is 9.88 Å². The molecule has 0 spiro atoms. The monoisotopic (exact) mass is 426 g/mol. The summed E-state index contributed by atoms with van der Waals surface area (Å²) in [5.74, 6) is 0.549. The summed E-state index contributed by atoms with van der Waals surface area (Å²) in [7, 11) is 0. The van der Waals surface area contributed by atoms with Crippen molar-refractivity contribution >= 4 is 17.0 Å². The Morgan fingerprint density at radius 1 is 0.969 bits per heavy atom. The fourth-order valence-corrected chi connectivity index (χ4v) is 4.07. The maximum absolute atomic E-state index is 13.7. The third kappa shape index (κ3) is 3.01. The standard InChI is InChI=1S/C23H19FN8/c1-13-16(24)3-4-19(29-13)22-15(11-28-31-22)17-5-6-18-20(30-17)9-14(10-26-18)21-12-27-23-25-7-2-8-32(21)23/h3-6,9-12H,2,7-8H2,1H3,(H,25,27)(H,28,31). The third-order valence-electron chi connectivity index (χ3n) is 5.72. The summed E-state index contributed by atoms with van der Waals surface area (Å²) in [5, 5.41) is 10.5. The van der Waals surface area contributed by atoms with Gasteiger partial charge in [0.25, 0.3) is 0 Å². The number of aromatic nitrogens is 7. The third-order valence-corrected chi connectivity index (χ3v) is 5.72. The Kier molecular flexibility index (Phi) is 4.20. The van der Waals surface area contributed by atoms with Crippen LogP contribution >= 0.6 is 0 Å². The molecule has 0 saturated carbocycles. The number of anilines is 1. The number of aromatic amines is 1. The van der Waals surface area contributed by atoms with Crippen molar-refractivity contribution in [1.82, 2.24) is 34.7 Å². The average Bonchev–Trinajstić information content (AvgIpc) is 3.48. The Hall–Kier alpha value is -4.14. The van der Waals surface area contributed by atoms with Crippen LogP contribution < -0.4 is 5.32 Å². The summed E-state index contributed by atoms with van der Waals surface area (Å²) >= 11 is 0. The van der Waals surface area contributed by atoms with Gasteiger partial charge in [0.2, 0.25) is 5.95 Å². The first-order valence-electron chi connectivity index (χ1n) is 10.4. The lowest BCUT2D eigenvalue weighted by molar-refractivity contribution is 0.610. The molecule has 0 fully saturated rings. The zero-order valence-corrected chi connectivity index (χ0v) is 17.3. The van der Waals surface area contributed by atoms with Gasteiger partial charge in [0, 0.05) is 30.4 Å². The quantitative estimate of drug-likeness (QED) is 0.449. The molecule has 158 valence electrons. The van der Waals surface area contributed by atoms with E-state index in [4.69, 9.17) is 4.98 Å². The molecule has 0 radical (unpaired) electrons. The van der Waals surface area contributed by atoms with Gasteiger partial charge in [0.15, 0.2) is 0 Å². The normalized spacial score (nSPS) is 13.2. The number of hydrogen-bond acceptors (Lipinski definition) is 6. The van der Waals surface area contributed by atoms with Crippen LogP contribution in [0.25, 0.3) is 44.9 Å². The number of halogens is 1. The minimum absolute atomic E-state index is 0.335. The van der Waals surface area contributed by atoms with E-state index in [2.05, 4.69) is 35.0 Å². The largest absolute Gasteiger partial charge is 0.356 e. The molecule has 8 nitrogen and oxygen atoms in total. The van der Waals surface area contributed by atoms with Gasteiger partial charge >= 0.3 is 0 Å². The van der Waals surface area contributed by atoms with Crippen LogP contribution in [0.1, 0.15) is 12.1 Å². The number of nitrogens with one attached hydrogen (secondary N) is 2. The predicted molar refractivity (Wildman–Crippen MR) is 119 cm³/mol. The second-order valence-corrected chi connectivity index (χ2v) is 7.78. The molecule has 32 heavy (non-hydrogen) atoms. The van der Waals surface area contributed by atoms with E-state index in [-0.39, 0.29) is 5.82 Å². The lowest BCUT2D eigenvalue weighted by atomic mass is 10.1. The summed E-state index contributed by atoms with van der Waals surface area (Å²) in [5.41, 5.74) is 6.73. The zero-order chi connectivity index (χ0) is 21.7. The highest BCUT2D eigenvalue weighted by Gasteiger charge is 2.17. The number of pyridine rings is 3. The van der Waals surface area contributed by atoms with Crippen molar-refractivity contribution in [3.63, 3.8) is 0 Å². The number of rotatable bonds is 3. The van der Waals surface area contributed by atoms with Crippen LogP contribution in [-0.4, -0.2) is 41.2 Å². The Balaban J connectivity index is 1.43. The van der Waals surface area contributed by atoms with Crippen LogP contribution in [0.2, 0.25) is 0 Å². The van der Waals surface area contributed by atoms with Crippen LogP contribution in [0.3, 0.4) is 0 Å². The summed E-state index contributed by atoms with van der Waals surface area (Å²) < 4.78 is 15.9. The maximum Gasteiger partial charge on any atom is 0.203 e. The number of imidazole rings is 1. The van der Waals surface area contributed by atoms with E-state index in [9.17, 15) is 4.39 Å². The fraction of sp³-hybridized carbons (Fsp3) is 0.174. The minimum atomic E-state index is -0.338. The Bertz CT molecular complexity index is 1470. The maximum atomic E-state index is 13.7. The van der Waals surface area contributed by atoms with Crippen LogP contribution in [0, 0.1) is 12.7 Å². The van der Waals surface area contributed by atoms with Gasteiger partial charge in [-0.25, -0.2) is 19.3 Å². The Morgan fingerprint density at radius 3 is 2.78 bits per heavy atom. The van der Waals surface area contributed by atoms with Gasteiger partial charge in [-0.15, -0.1) is 0 Å². The Morgan fingerprint density at radius 2 is 1.88 bits per heavy atom. The summed E-state index contributed by atoms with van der Waals surface area (Å²) in [6.07, 6.45) is 6.49. The number of fused-ring (bicyclic) bond motifs is 2. The van der Waals surface area contributed by atoms with Gasteiger partial charge in [0.1, 0.15) is 5.82 Å². The van der Waals surface area contributed by atoms with E-state index in [1.807, 2.05) is 30.6 Å². The SMILES string of the molecule is Cc1nc(-c2[nH]ncc2-c2ccc3ncc(-c4cnc5n4CCCN5)cc3n2)ccc1F. The topological polar surface area (TPSA) is 97.2 Å². The fourth-order valence-electron chi connectivity index (χ4n) is 4.07. The molecule has 0 amide bonds. The molecule has 0 unspecified atom stereocenters. The smallest absolute Gasteiger partial charge is 0.203 e. The van der Waals surface area contributed by atoms with Gasteiger partial charge in [-0.05, 0) is 43.7 Å². The summed E-state index contributed by atoms with van der Waals surface area (Å²) in [6, 6.07) is 8.92. The molecule has 0 aliphatic carbocycles. The molecule has 6 heterocycles. The molecule has 0 atom stereocenters. The lowest BCUT2D eigenvalue weighted by Crippen LogP contribution is -2.17. The van der Waals surface area contributed by atoms with E-state index in [1.54, 1.807) is 19.2 Å². The predicted octanol–water partition coefficient (Wildman–Crippen LogP) is 4.21. The first kappa shape index (κ1) is 18.6. The number of hydrogen-bond donors (Lipinski definition) is 2. The van der Waals surface area contributed by atoms with Crippen molar-refractivity contribution in [1.29, 1.82) is 0 Å². The molecule has 2 N–H and O–H groups in total. The highest BCUT2D eigenvalue weighted by Crippen LogP contribution is 2.31. The first-order valence-corrected chi connectivity index (χ1v) is 10.4. The van der Waals surface area contributed by atoms with Crippen molar-refractivity contribution < 1.29 is 4.39 Å². The van der Waals surface area contributed by atoms with Crippen LogP contribution in [0.4, 0.5) is 10.3 Å². The number of H-pyrrole nitrogens is 1. The molecular weight excluding hydrogens is 407 g/mol. The molecule has 1 aliphatic rings. The van der Waals surface area contributed by atoms with Crippen molar-refractivity contribution in [2.45, 2.75) is 19.9 Å². The zero-order valence-electron chi connectivity index (χ0n) is 17.3. The highest BCUT2D eigenvalue weighted by molar-refractivity contribution is 5.84. The average molecular weight is 426 g/mol. The highest BCUT2D eigenvalue weighted by atomic mass is 19.1. The molecule has 5 aromatic heterocycles. The number of nitrogens with zero attached hydrogens (tertiary/aromatic N) is 6. The van der Waals surface area contributed by atoms with Gasteiger partial charge in [0.05, 0.1) is 51.9 Å². The second kappa shape index (κ2) is 7.23. The molecule has 0 saturated heterocycles. The summed E-state index contributed by atoms with van der Waals surface area (Å²) in [6.45, 7) is 3.50. The Labute approximate surface area is 182 Å². The van der Waals surface area contributed by atoms with Crippen molar-refractivity contribution in [3.05, 3.63) is 60.4 Å². The molecular formula is C23H19FN8. The molecule has 1 aliphatic heterocycles. The van der Waals surface area contributed by atoms with Gasteiger partial charge in [-0.2, -0.15) is 5.10 Å². The molecule has 0 bridgehead atoms. The van der Waals surface area contributed by atoms with Crippen LogP contribution in [0.5, 0.6) is 0 Å². The van der Waals surface area contributed by atoms with Crippen molar-refractivity contribution in [2.75, 3.05) is 11.9 Å². The van der Waals surface area contributed by atoms with Gasteiger partial charge in [-0.1, -0.05) is 0 Å². The van der Waals surface area contributed by atoms with E-state index in [1.165, 1.54) is 6.07 Å². The van der Waals surface area contributed by atoms with E-state index >= 15 is 0 Å². The van der Waals surface area contributed by atoms with Crippen LogP contribution in [-0.2, 0) is 6.54 Å². The molecule has 9 heteroatoms. The summed E-state index contributed by atoms with van der Waals surface area (Å²) in [4.78, 5) is 18.3. The first-order chi connectivity index (χ1) is 15.7. The van der Waals surface area contributed by atoms with E-state index < -0.39 is 0 Å². The van der Waals surface area contributed by atoms with E-state index in [0.29, 0.717) is 17.1 Å². The van der Waals surface area contributed by atoms with E-state index in [0.717, 1.165) is 59.0 Å². The van der Waals surface area contributed by atoms with Crippen LogP contribution in [0.15, 0.2) is 48.9 Å². The van der Waals surface area contributed by atoms with Crippen molar-refractivity contribution in [3.8, 4) is 33.9 Å². The second-order valence-electron chi connectivity index (χ2n) is 7.78.